The van der Waals surface area contributed by atoms with E-state index in [9.17, 15) is 4.79 Å². The summed E-state index contributed by atoms with van der Waals surface area (Å²) in [6.45, 7) is 0.733. The Morgan fingerprint density at radius 3 is 3.00 bits per heavy atom. The predicted molar refractivity (Wildman–Crippen MR) is 84.3 cm³/mol. The van der Waals surface area contributed by atoms with E-state index in [0.29, 0.717) is 28.9 Å². The first-order valence-electron chi connectivity index (χ1n) is 6.69. The van der Waals surface area contributed by atoms with Crippen molar-refractivity contribution in [1.29, 1.82) is 0 Å². The Hall–Kier alpha value is -1.98. The number of halogens is 2. The largest absolute Gasteiger partial charge is 0.489 e. The SMILES string of the molecule is O=C(NCc1cccnc1)NC1COc2c1ccc(Cl)c2Cl. The summed E-state index contributed by atoms with van der Waals surface area (Å²) in [6.07, 6.45) is 3.39. The molecule has 1 aromatic heterocycles. The molecule has 0 saturated carbocycles. The topological polar surface area (TPSA) is 63.2 Å². The number of nitrogens with one attached hydrogen (secondary N) is 2. The molecule has 2 aromatic rings. The van der Waals surface area contributed by atoms with E-state index in [-0.39, 0.29) is 12.1 Å². The normalized spacial score (nSPS) is 15.8. The van der Waals surface area contributed by atoms with E-state index in [0.717, 1.165) is 11.1 Å². The fraction of sp³-hybridized carbons (Fsp3) is 0.200. The maximum atomic E-state index is 12.0. The Labute approximate surface area is 137 Å². The van der Waals surface area contributed by atoms with Crippen LogP contribution in [0.3, 0.4) is 0 Å². The Morgan fingerprint density at radius 2 is 2.23 bits per heavy atom. The molecule has 1 atom stereocenters. The molecule has 2 amide bonds. The molecule has 114 valence electrons. The summed E-state index contributed by atoms with van der Waals surface area (Å²) in [5.74, 6) is 0.534. The number of fused-ring (bicyclic) bond motifs is 1. The Balaban J connectivity index is 1.61. The van der Waals surface area contributed by atoms with Crippen LogP contribution in [0.1, 0.15) is 17.2 Å². The number of pyridine rings is 1. The van der Waals surface area contributed by atoms with Crippen molar-refractivity contribution in [3.8, 4) is 5.75 Å². The lowest BCUT2D eigenvalue weighted by atomic mass is 10.1. The maximum Gasteiger partial charge on any atom is 0.315 e. The van der Waals surface area contributed by atoms with Crippen LogP contribution in [0.2, 0.25) is 10.0 Å². The third-order valence-electron chi connectivity index (χ3n) is 3.33. The van der Waals surface area contributed by atoms with Gasteiger partial charge in [-0.05, 0) is 17.7 Å². The highest BCUT2D eigenvalue weighted by Gasteiger charge is 2.28. The summed E-state index contributed by atoms with van der Waals surface area (Å²) in [5.41, 5.74) is 1.75. The van der Waals surface area contributed by atoms with Gasteiger partial charge in [-0.15, -0.1) is 0 Å². The van der Waals surface area contributed by atoms with E-state index in [2.05, 4.69) is 15.6 Å². The minimum absolute atomic E-state index is 0.251. The standard InChI is InChI=1S/C15H13Cl2N3O2/c16-11-4-3-10-12(8-22-14(10)13(11)17)20-15(21)19-7-9-2-1-5-18-6-9/h1-6,12H,7-8H2,(H2,19,20,21). The van der Waals surface area contributed by atoms with Gasteiger partial charge in [0.05, 0.1) is 11.1 Å². The van der Waals surface area contributed by atoms with Crippen molar-refractivity contribution in [2.24, 2.45) is 0 Å². The highest BCUT2D eigenvalue weighted by Crippen LogP contribution is 2.41. The predicted octanol–water partition coefficient (Wildman–Crippen LogP) is 3.32. The highest BCUT2D eigenvalue weighted by molar-refractivity contribution is 6.43. The maximum absolute atomic E-state index is 12.0. The molecule has 0 aliphatic carbocycles. The van der Waals surface area contributed by atoms with Crippen LogP contribution >= 0.6 is 23.2 Å². The second kappa shape index (κ2) is 6.42. The number of amides is 2. The van der Waals surface area contributed by atoms with Crippen LogP contribution in [-0.2, 0) is 6.54 Å². The summed E-state index contributed by atoms with van der Waals surface area (Å²) in [7, 11) is 0. The Bertz CT molecular complexity index is 695. The van der Waals surface area contributed by atoms with Crippen LogP contribution in [-0.4, -0.2) is 17.6 Å². The lowest BCUT2D eigenvalue weighted by Gasteiger charge is -2.13. The third kappa shape index (κ3) is 3.10. The van der Waals surface area contributed by atoms with Gasteiger partial charge in [-0.3, -0.25) is 4.98 Å². The molecule has 0 bridgehead atoms. The molecule has 2 N–H and O–H groups in total. The van der Waals surface area contributed by atoms with E-state index in [1.807, 2.05) is 18.2 Å². The van der Waals surface area contributed by atoms with Gasteiger partial charge in [-0.1, -0.05) is 35.3 Å². The number of urea groups is 1. The van der Waals surface area contributed by atoms with Gasteiger partial charge in [-0.25, -0.2) is 4.79 Å². The van der Waals surface area contributed by atoms with Gasteiger partial charge in [0, 0.05) is 24.5 Å². The lowest BCUT2D eigenvalue weighted by Crippen LogP contribution is -2.38. The summed E-state index contributed by atoms with van der Waals surface area (Å²) >= 11 is 12.0. The summed E-state index contributed by atoms with van der Waals surface area (Å²) in [4.78, 5) is 16.0. The van der Waals surface area contributed by atoms with E-state index in [1.54, 1.807) is 18.5 Å². The molecule has 1 unspecified atom stereocenters. The number of ether oxygens (including phenoxy) is 1. The molecule has 0 radical (unpaired) electrons. The fourth-order valence-electron chi connectivity index (χ4n) is 2.24. The molecular formula is C15H13Cl2N3O2. The van der Waals surface area contributed by atoms with E-state index < -0.39 is 0 Å². The smallest absolute Gasteiger partial charge is 0.315 e. The fourth-order valence-corrected chi connectivity index (χ4v) is 2.61. The molecule has 22 heavy (non-hydrogen) atoms. The zero-order valence-corrected chi connectivity index (χ0v) is 13.0. The van der Waals surface area contributed by atoms with Crippen molar-refractivity contribution < 1.29 is 9.53 Å². The molecule has 5 nitrogen and oxygen atoms in total. The van der Waals surface area contributed by atoms with Crippen LogP contribution in [0.5, 0.6) is 5.75 Å². The second-order valence-electron chi connectivity index (χ2n) is 4.83. The lowest BCUT2D eigenvalue weighted by molar-refractivity contribution is 0.231. The average molecular weight is 338 g/mol. The quantitative estimate of drug-likeness (QED) is 0.902. The molecule has 0 fully saturated rings. The molecule has 2 heterocycles. The third-order valence-corrected chi connectivity index (χ3v) is 4.12. The monoisotopic (exact) mass is 337 g/mol. The zero-order valence-electron chi connectivity index (χ0n) is 11.5. The van der Waals surface area contributed by atoms with Crippen molar-refractivity contribution in [3.63, 3.8) is 0 Å². The Morgan fingerprint density at radius 1 is 1.36 bits per heavy atom. The van der Waals surface area contributed by atoms with E-state index in [4.69, 9.17) is 27.9 Å². The number of rotatable bonds is 3. The number of carbonyl (C=O) groups is 1. The number of benzene rings is 1. The molecule has 1 aliphatic rings. The number of nitrogens with zero attached hydrogens (tertiary/aromatic N) is 1. The van der Waals surface area contributed by atoms with Crippen LogP contribution in [0.15, 0.2) is 36.7 Å². The molecule has 0 saturated heterocycles. The van der Waals surface area contributed by atoms with Crippen molar-refractivity contribution in [2.45, 2.75) is 12.6 Å². The number of aromatic nitrogens is 1. The molecule has 1 aromatic carbocycles. The number of hydrogen-bond donors (Lipinski definition) is 2. The van der Waals surface area contributed by atoms with Gasteiger partial charge >= 0.3 is 6.03 Å². The molecule has 1 aliphatic heterocycles. The van der Waals surface area contributed by atoms with Crippen molar-refractivity contribution >= 4 is 29.2 Å². The zero-order chi connectivity index (χ0) is 15.5. The second-order valence-corrected chi connectivity index (χ2v) is 5.62. The molecule has 0 spiro atoms. The minimum atomic E-state index is -0.281. The van der Waals surface area contributed by atoms with Gasteiger partial charge in [0.25, 0.3) is 0 Å². The van der Waals surface area contributed by atoms with Crippen LogP contribution in [0.4, 0.5) is 4.79 Å². The minimum Gasteiger partial charge on any atom is -0.489 e. The van der Waals surface area contributed by atoms with Gasteiger partial charge in [-0.2, -0.15) is 0 Å². The first-order chi connectivity index (χ1) is 10.6. The number of carbonyl (C=O) groups excluding carboxylic acids is 1. The summed E-state index contributed by atoms with van der Waals surface area (Å²) in [5, 5.41) is 6.44. The first kappa shape index (κ1) is 14.9. The average Bonchev–Trinajstić information content (AvgIpc) is 2.93. The molecule has 3 rings (SSSR count). The highest BCUT2D eigenvalue weighted by atomic mass is 35.5. The van der Waals surface area contributed by atoms with E-state index in [1.165, 1.54) is 0 Å². The van der Waals surface area contributed by atoms with Crippen molar-refractivity contribution in [1.82, 2.24) is 15.6 Å². The summed E-state index contributed by atoms with van der Waals surface area (Å²) in [6, 6.07) is 6.68. The van der Waals surface area contributed by atoms with Crippen LogP contribution in [0, 0.1) is 0 Å². The van der Waals surface area contributed by atoms with Crippen LogP contribution < -0.4 is 15.4 Å². The van der Waals surface area contributed by atoms with E-state index >= 15 is 0 Å². The van der Waals surface area contributed by atoms with Crippen molar-refractivity contribution in [2.75, 3.05) is 6.61 Å². The van der Waals surface area contributed by atoms with Crippen molar-refractivity contribution in [3.05, 3.63) is 57.8 Å². The van der Waals surface area contributed by atoms with Gasteiger partial charge in [0.1, 0.15) is 17.4 Å². The summed E-state index contributed by atoms with van der Waals surface area (Å²) < 4.78 is 5.52. The molecular weight excluding hydrogens is 325 g/mol. The van der Waals surface area contributed by atoms with Gasteiger partial charge < -0.3 is 15.4 Å². The number of hydrogen-bond acceptors (Lipinski definition) is 3. The first-order valence-corrected chi connectivity index (χ1v) is 7.44. The van der Waals surface area contributed by atoms with Gasteiger partial charge in [0.2, 0.25) is 0 Å². The Kier molecular flexibility index (Phi) is 4.36. The molecule has 7 heteroatoms. The van der Waals surface area contributed by atoms with Crippen LogP contribution in [0.25, 0.3) is 0 Å². The van der Waals surface area contributed by atoms with Gasteiger partial charge in [0.15, 0.2) is 0 Å².